The maximum absolute atomic E-state index is 11.9. The first kappa shape index (κ1) is 12.7. The Morgan fingerprint density at radius 1 is 1.50 bits per heavy atom. The molecule has 0 saturated heterocycles. The molecule has 18 heavy (non-hydrogen) atoms. The lowest BCUT2D eigenvalue weighted by atomic mass is 10.5. The topological polar surface area (TPSA) is 114 Å². The number of aromatic nitrogens is 4. The molecule has 2 heterocycles. The van der Waals surface area contributed by atoms with E-state index in [4.69, 9.17) is 4.52 Å². The number of aryl methyl sites for hydroxylation is 2. The number of hydrogen-bond acceptors (Lipinski definition) is 6. The third kappa shape index (κ3) is 2.74. The van der Waals surface area contributed by atoms with Gasteiger partial charge in [0.2, 0.25) is 5.89 Å². The summed E-state index contributed by atoms with van der Waals surface area (Å²) >= 11 is 0. The van der Waals surface area contributed by atoms with Crippen LogP contribution in [0.3, 0.4) is 0 Å². The molecular weight excluding hydrogens is 258 g/mol. The normalized spacial score (nSPS) is 11.9. The number of aromatic amines is 1. The third-order valence-corrected chi connectivity index (χ3v) is 3.53. The second-order valence-electron chi connectivity index (χ2n) is 3.60. The fourth-order valence-corrected chi connectivity index (χ4v) is 2.23. The van der Waals surface area contributed by atoms with Gasteiger partial charge in [0, 0.05) is 13.3 Å². The van der Waals surface area contributed by atoms with Crippen LogP contribution in [-0.4, -0.2) is 28.5 Å². The van der Waals surface area contributed by atoms with Crippen molar-refractivity contribution in [1.29, 1.82) is 0 Å². The largest absolute Gasteiger partial charge is 0.340 e. The number of rotatable bonds is 5. The molecule has 2 rings (SSSR count). The highest BCUT2D eigenvalue weighted by molar-refractivity contribution is 7.89. The van der Waals surface area contributed by atoms with Gasteiger partial charge in [-0.15, -0.1) is 0 Å². The van der Waals surface area contributed by atoms with Gasteiger partial charge in [-0.3, -0.25) is 0 Å². The molecule has 0 aromatic carbocycles. The Balaban J connectivity index is 2.07. The van der Waals surface area contributed by atoms with E-state index in [9.17, 15) is 8.42 Å². The van der Waals surface area contributed by atoms with E-state index in [1.54, 1.807) is 6.92 Å². The van der Waals surface area contributed by atoms with Crippen LogP contribution in [0.2, 0.25) is 0 Å². The van der Waals surface area contributed by atoms with Gasteiger partial charge in [-0.25, -0.2) is 18.1 Å². The van der Waals surface area contributed by atoms with E-state index in [0.29, 0.717) is 18.1 Å². The summed E-state index contributed by atoms with van der Waals surface area (Å²) in [5.74, 6) is 1.29. The van der Waals surface area contributed by atoms with Crippen molar-refractivity contribution in [3.63, 3.8) is 0 Å². The number of imidazole rings is 1. The van der Waals surface area contributed by atoms with Gasteiger partial charge in [-0.1, -0.05) is 12.1 Å². The quantitative estimate of drug-likeness (QED) is 0.799. The minimum absolute atomic E-state index is 0.0274. The second kappa shape index (κ2) is 4.86. The maximum atomic E-state index is 11.9. The smallest absolute Gasteiger partial charge is 0.258 e. The molecule has 8 nitrogen and oxygen atoms in total. The van der Waals surface area contributed by atoms with Crippen LogP contribution in [0.5, 0.6) is 0 Å². The van der Waals surface area contributed by atoms with Gasteiger partial charge in [0.1, 0.15) is 5.82 Å². The fraction of sp³-hybridized carbons (Fsp3) is 0.444. The molecule has 0 unspecified atom stereocenters. The molecule has 0 aliphatic rings. The SMILES string of the molecule is CCc1ncc(S(=O)(=O)NCc2noc(C)n2)[nH]1. The van der Waals surface area contributed by atoms with Crippen LogP contribution in [0.25, 0.3) is 0 Å². The number of nitrogens with one attached hydrogen (secondary N) is 2. The Morgan fingerprint density at radius 2 is 2.28 bits per heavy atom. The first-order valence-corrected chi connectivity index (χ1v) is 6.82. The molecule has 0 saturated carbocycles. The highest BCUT2D eigenvalue weighted by atomic mass is 32.2. The van der Waals surface area contributed by atoms with Crippen molar-refractivity contribution >= 4 is 10.0 Å². The summed E-state index contributed by atoms with van der Waals surface area (Å²) in [4.78, 5) is 10.6. The van der Waals surface area contributed by atoms with Crippen LogP contribution in [0.15, 0.2) is 15.7 Å². The molecule has 0 aliphatic carbocycles. The van der Waals surface area contributed by atoms with Gasteiger partial charge in [-0.05, 0) is 0 Å². The Bertz CT molecular complexity index is 630. The summed E-state index contributed by atoms with van der Waals surface area (Å²) < 4.78 is 30.8. The molecule has 0 bridgehead atoms. The molecule has 0 fully saturated rings. The standard InChI is InChI=1S/C9H13N5O3S/c1-3-7-10-5-9(13-7)18(15,16)11-4-8-12-6(2)17-14-8/h5,11H,3-4H2,1-2H3,(H,10,13). The lowest BCUT2D eigenvalue weighted by Gasteiger charge is -2.01. The summed E-state index contributed by atoms with van der Waals surface area (Å²) in [6, 6.07) is 0. The van der Waals surface area contributed by atoms with Crippen molar-refractivity contribution in [3.05, 3.63) is 23.7 Å². The number of sulfonamides is 1. The van der Waals surface area contributed by atoms with Gasteiger partial charge in [-0.2, -0.15) is 4.98 Å². The van der Waals surface area contributed by atoms with Gasteiger partial charge in [0.05, 0.1) is 12.7 Å². The van der Waals surface area contributed by atoms with Crippen LogP contribution in [0, 0.1) is 6.92 Å². The van der Waals surface area contributed by atoms with Crippen molar-refractivity contribution in [3.8, 4) is 0 Å². The molecular formula is C9H13N5O3S. The summed E-state index contributed by atoms with van der Waals surface area (Å²) in [6.45, 7) is 3.48. The zero-order valence-corrected chi connectivity index (χ0v) is 10.8. The molecule has 2 aromatic rings. The summed E-state index contributed by atoms with van der Waals surface area (Å²) in [6.07, 6.45) is 1.92. The van der Waals surface area contributed by atoms with E-state index in [-0.39, 0.29) is 17.4 Å². The first-order valence-electron chi connectivity index (χ1n) is 5.34. The number of hydrogen-bond donors (Lipinski definition) is 2. The maximum Gasteiger partial charge on any atom is 0.258 e. The van der Waals surface area contributed by atoms with Gasteiger partial charge in [0.15, 0.2) is 10.9 Å². The van der Waals surface area contributed by atoms with Crippen molar-refractivity contribution < 1.29 is 12.9 Å². The van der Waals surface area contributed by atoms with Crippen LogP contribution in [0.4, 0.5) is 0 Å². The molecule has 0 aliphatic heterocycles. The first-order chi connectivity index (χ1) is 8.51. The van der Waals surface area contributed by atoms with Gasteiger partial charge < -0.3 is 9.51 Å². The summed E-state index contributed by atoms with van der Waals surface area (Å²) in [7, 11) is -3.63. The van der Waals surface area contributed by atoms with Crippen molar-refractivity contribution in [2.45, 2.75) is 31.8 Å². The molecule has 2 aromatic heterocycles. The molecule has 0 radical (unpaired) electrons. The molecule has 0 amide bonds. The zero-order valence-electron chi connectivity index (χ0n) is 9.97. The van der Waals surface area contributed by atoms with E-state index in [0.717, 1.165) is 0 Å². The minimum Gasteiger partial charge on any atom is -0.340 e. The van der Waals surface area contributed by atoms with Gasteiger partial charge in [0.25, 0.3) is 10.0 Å². The van der Waals surface area contributed by atoms with Crippen LogP contribution < -0.4 is 4.72 Å². The molecule has 0 spiro atoms. The molecule has 0 atom stereocenters. The molecule has 98 valence electrons. The predicted octanol–water partition coefficient (Wildman–Crippen LogP) is 0.142. The predicted molar refractivity (Wildman–Crippen MR) is 61.0 cm³/mol. The summed E-state index contributed by atoms with van der Waals surface area (Å²) in [5, 5.41) is 3.62. The molecule has 2 N–H and O–H groups in total. The molecule has 9 heteroatoms. The Labute approximate surface area is 104 Å². The summed E-state index contributed by atoms with van der Waals surface area (Å²) in [5.41, 5.74) is 0. The van der Waals surface area contributed by atoms with Crippen LogP contribution in [-0.2, 0) is 23.0 Å². The monoisotopic (exact) mass is 271 g/mol. The Hall–Kier alpha value is -1.74. The average molecular weight is 271 g/mol. The lowest BCUT2D eigenvalue weighted by Crippen LogP contribution is -2.24. The van der Waals surface area contributed by atoms with Crippen molar-refractivity contribution in [1.82, 2.24) is 24.8 Å². The van der Waals surface area contributed by atoms with Gasteiger partial charge >= 0.3 is 0 Å². The zero-order chi connectivity index (χ0) is 13.2. The Morgan fingerprint density at radius 3 is 2.83 bits per heavy atom. The third-order valence-electron chi connectivity index (χ3n) is 2.22. The van der Waals surface area contributed by atoms with E-state index < -0.39 is 10.0 Å². The van der Waals surface area contributed by atoms with Crippen LogP contribution in [0.1, 0.15) is 24.5 Å². The van der Waals surface area contributed by atoms with E-state index in [1.807, 2.05) is 6.92 Å². The van der Waals surface area contributed by atoms with E-state index in [2.05, 4.69) is 24.8 Å². The number of H-pyrrole nitrogens is 1. The van der Waals surface area contributed by atoms with E-state index in [1.165, 1.54) is 6.20 Å². The fourth-order valence-electron chi connectivity index (χ4n) is 1.31. The lowest BCUT2D eigenvalue weighted by molar-refractivity contribution is 0.387. The highest BCUT2D eigenvalue weighted by Crippen LogP contribution is 2.06. The van der Waals surface area contributed by atoms with Crippen molar-refractivity contribution in [2.75, 3.05) is 0 Å². The highest BCUT2D eigenvalue weighted by Gasteiger charge is 2.17. The minimum atomic E-state index is -3.63. The van der Waals surface area contributed by atoms with E-state index >= 15 is 0 Å². The second-order valence-corrected chi connectivity index (χ2v) is 5.34. The van der Waals surface area contributed by atoms with Crippen molar-refractivity contribution in [2.24, 2.45) is 0 Å². The van der Waals surface area contributed by atoms with Crippen LogP contribution >= 0.6 is 0 Å². The average Bonchev–Trinajstić information content (AvgIpc) is 2.95. The Kier molecular flexibility index (Phi) is 3.43. The number of nitrogens with zero attached hydrogens (tertiary/aromatic N) is 3.